The zero-order valence-electron chi connectivity index (χ0n) is 12.3. The van der Waals surface area contributed by atoms with Crippen LogP contribution < -0.4 is 11.2 Å². The summed E-state index contributed by atoms with van der Waals surface area (Å²) in [6.07, 6.45) is 1.87. The van der Waals surface area contributed by atoms with Crippen molar-refractivity contribution in [3.8, 4) is 0 Å². The van der Waals surface area contributed by atoms with Gasteiger partial charge in [-0.1, -0.05) is 52.9 Å². The predicted octanol–water partition coefficient (Wildman–Crippen LogP) is 1.21. The second-order valence-electron chi connectivity index (χ2n) is 5.55. The van der Waals surface area contributed by atoms with Gasteiger partial charge >= 0.3 is 5.69 Å². The lowest BCUT2D eigenvalue weighted by Gasteiger charge is -2.15. The van der Waals surface area contributed by atoms with Gasteiger partial charge in [0.25, 0.3) is 5.56 Å². The Bertz CT molecular complexity index is 787. The number of aromatic nitrogens is 2. The van der Waals surface area contributed by atoms with E-state index < -0.39 is 11.9 Å². The van der Waals surface area contributed by atoms with Gasteiger partial charge in [0, 0.05) is 28.5 Å². The van der Waals surface area contributed by atoms with Gasteiger partial charge in [0.1, 0.15) is 6.23 Å². The molecule has 2 aromatic rings. The van der Waals surface area contributed by atoms with Crippen LogP contribution in [-0.4, -0.2) is 31.3 Å². The summed E-state index contributed by atoms with van der Waals surface area (Å²) in [6, 6.07) is 9.60. The number of aliphatic hydroxyl groups excluding tert-OH is 1. The van der Waals surface area contributed by atoms with E-state index in [1.165, 1.54) is 4.57 Å². The number of nitrogens with one attached hydrogen (secondary N) is 1. The molecule has 0 spiro atoms. The number of hydrogen-bond donors (Lipinski definition) is 2. The highest BCUT2D eigenvalue weighted by atomic mass is 127. The van der Waals surface area contributed by atoms with Gasteiger partial charge in [0.2, 0.25) is 0 Å². The average Bonchev–Trinajstić information content (AvgIpc) is 2.91. The molecule has 1 aliphatic heterocycles. The molecule has 122 valence electrons. The standard InChI is InChI=1S/C16H17IN2O4/c17-12-7-14(23-13(12)9-20)19-8-11(15(21)18-16(19)22)6-10-4-2-1-3-5-10/h1-5,8,12-14,20H,6-7,9H2,(H,18,21,22)/t12-,13+,14+/m0/s1. The van der Waals surface area contributed by atoms with E-state index in [2.05, 4.69) is 27.6 Å². The van der Waals surface area contributed by atoms with Crippen LogP contribution in [0.2, 0.25) is 0 Å². The van der Waals surface area contributed by atoms with E-state index >= 15 is 0 Å². The fourth-order valence-electron chi connectivity index (χ4n) is 2.71. The van der Waals surface area contributed by atoms with E-state index in [1.807, 2.05) is 30.3 Å². The zero-order valence-corrected chi connectivity index (χ0v) is 14.5. The van der Waals surface area contributed by atoms with Crippen LogP contribution in [0, 0.1) is 0 Å². The Balaban J connectivity index is 1.92. The molecule has 2 N–H and O–H groups in total. The second kappa shape index (κ2) is 6.98. The maximum absolute atomic E-state index is 12.1. The first-order valence-corrected chi connectivity index (χ1v) is 8.61. The minimum absolute atomic E-state index is 0.0842. The molecule has 1 aromatic heterocycles. The Labute approximate surface area is 146 Å². The highest BCUT2D eigenvalue weighted by Gasteiger charge is 2.34. The number of nitrogens with zero attached hydrogens (tertiary/aromatic N) is 1. The van der Waals surface area contributed by atoms with Crippen molar-refractivity contribution in [1.82, 2.24) is 9.55 Å². The van der Waals surface area contributed by atoms with Gasteiger partial charge < -0.3 is 9.84 Å². The number of aromatic amines is 1. The van der Waals surface area contributed by atoms with Crippen LogP contribution in [0.15, 0.2) is 46.1 Å². The van der Waals surface area contributed by atoms with Crippen LogP contribution in [0.3, 0.4) is 0 Å². The first-order valence-electron chi connectivity index (χ1n) is 7.37. The molecule has 7 heteroatoms. The van der Waals surface area contributed by atoms with Crippen molar-refractivity contribution < 1.29 is 9.84 Å². The van der Waals surface area contributed by atoms with Crippen LogP contribution >= 0.6 is 22.6 Å². The van der Waals surface area contributed by atoms with E-state index in [4.69, 9.17) is 4.74 Å². The van der Waals surface area contributed by atoms with Crippen LogP contribution in [0.1, 0.15) is 23.8 Å². The van der Waals surface area contributed by atoms with Crippen molar-refractivity contribution in [2.75, 3.05) is 6.61 Å². The number of ether oxygens (including phenoxy) is 1. The van der Waals surface area contributed by atoms with E-state index in [1.54, 1.807) is 6.20 Å². The number of benzene rings is 1. The minimum Gasteiger partial charge on any atom is -0.394 e. The predicted molar refractivity (Wildman–Crippen MR) is 94.0 cm³/mol. The summed E-state index contributed by atoms with van der Waals surface area (Å²) in [5.74, 6) is 0. The van der Waals surface area contributed by atoms with Gasteiger partial charge in [0.05, 0.1) is 12.7 Å². The van der Waals surface area contributed by atoms with Gasteiger partial charge in [-0.15, -0.1) is 0 Å². The lowest BCUT2D eigenvalue weighted by Crippen LogP contribution is -2.34. The Kier molecular flexibility index (Phi) is 4.98. The molecule has 0 unspecified atom stereocenters. The first-order chi connectivity index (χ1) is 11.1. The van der Waals surface area contributed by atoms with E-state index in [0.29, 0.717) is 18.4 Å². The van der Waals surface area contributed by atoms with Crippen LogP contribution in [-0.2, 0) is 11.2 Å². The molecule has 23 heavy (non-hydrogen) atoms. The summed E-state index contributed by atoms with van der Waals surface area (Å²) < 4.78 is 7.26. The van der Waals surface area contributed by atoms with E-state index in [-0.39, 0.29) is 22.2 Å². The number of hydrogen-bond acceptors (Lipinski definition) is 4. The lowest BCUT2D eigenvalue weighted by molar-refractivity contribution is -0.0232. The molecule has 1 aliphatic rings. The molecule has 0 bridgehead atoms. The van der Waals surface area contributed by atoms with Crippen LogP contribution in [0.5, 0.6) is 0 Å². The van der Waals surface area contributed by atoms with Crippen LogP contribution in [0.25, 0.3) is 0 Å². The fraction of sp³-hybridized carbons (Fsp3) is 0.375. The summed E-state index contributed by atoms with van der Waals surface area (Å²) in [5, 5.41) is 9.29. The monoisotopic (exact) mass is 428 g/mol. The van der Waals surface area contributed by atoms with Gasteiger partial charge in [0.15, 0.2) is 0 Å². The highest BCUT2D eigenvalue weighted by molar-refractivity contribution is 14.1. The fourth-order valence-corrected chi connectivity index (χ4v) is 3.54. The zero-order chi connectivity index (χ0) is 16.4. The lowest BCUT2D eigenvalue weighted by atomic mass is 10.1. The van der Waals surface area contributed by atoms with Gasteiger partial charge in [-0.2, -0.15) is 0 Å². The molecule has 0 saturated carbocycles. The third kappa shape index (κ3) is 3.56. The number of H-pyrrole nitrogens is 1. The number of halogens is 1. The largest absolute Gasteiger partial charge is 0.394 e. The second-order valence-corrected chi connectivity index (χ2v) is 7.15. The number of rotatable bonds is 4. The first kappa shape index (κ1) is 16.4. The summed E-state index contributed by atoms with van der Waals surface area (Å²) in [4.78, 5) is 26.5. The SMILES string of the molecule is O=c1[nH]c(=O)n([C@H]2C[C@H](I)[C@@H](CO)O2)cc1Cc1ccccc1. The Morgan fingerprint density at radius 3 is 2.70 bits per heavy atom. The third-order valence-electron chi connectivity index (χ3n) is 3.93. The summed E-state index contributed by atoms with van der Waals surface area (Å²) >= 11 is 2.21. The van der Waals surface area contributed by atoms with Crippen molar-refractivity contribution in [1.29, 1.82) is 0 Å². The molecule has 1 aromatic carbocycles. The topological polar surface area (TPSA) is 84.3 Å². The van der Waals surface area contributed by atoms with Crippen molar-refractivity contribution in [2.24, 2.45) is 0 Å². The summed E-state index contributed by atoms with van der Waals surface area (Å²) in [6.45, 7) is -0.0842. The molecular formula is C16H17IN2O4. The smallest absolute Gasteiger partial charge is 0.330 e. The minimum atomic E-state index is -0.487. The van der Waals surface area contributed by atoms with E-state index in [0.717, 1.165) is 5.56 Å². The highest BCUT2D eigenvalue weighted by Crippen LogP contribution is 2.32. The summed E-state index contributed by atoms with van der Waals surface area (Å²) in [5.41, 5.74) is 0.643. The molecule has 0 aliphatic carbocycles. The Morgan fingerprint density at radius 2 is 2.04 bits per heavy atom. The molecule has 3 atom stereocenters. The molecule has 3 rings (SSSR count). The molecule has 6 nitrogen and oxygen atoms in total. The molecule has 0 amide bonds. The molecule has 1 saturated heterocycles. The molecule has 2 heterocycles. The van der Waals surface area contributed by atoms with Gasteiger partial charge in [-0.3, -0.25) is 14.3 Å². The normalized spacial score (nSPS) is 24.0. The maximum atomic E-state index is 12.1. The van der Waals surface area contributed by atoms with Gasteiger partial charge in [-0.25, -0.2) is 4.79 Å². The van der Waals surface area contributed by atoms with Crippen molar-refractivity contribution >= 4 is 22.6 Å². The number of aliphatic hydroxyl groups is 1. The third-order valence-corrected chi connectivity index (χ3v) is 5.24. The molecular weight excluding hydrogens is 411 g/mol. The van der Waals surface area contributed by atoms with Gasteiger partial charge in [-0.05, 0) is 5.56 Å². The van der Waals surface area contributed by atoms with Crippen molar-refractivity contribution in [3.63, 3.8) is 0 Å². The Morgan fingerprint density at radius 1 is 1.30 bits per heavy atom. The number of alkyl halides is 1. The molecule has 0 radical (unpaired) electrons. The quantitative estimate of drug-likeness (QED) is 0.567. The van der Waals surface area contributed by atoms with Crippen LogP contribution in [0.4, 0.5) is 0 Å². The van der Waals surface area contributed by atoms with Crippen molar-refractivity contribution in [2.45, 2.75) is 29.1 Å². The van der Waals surface area contributed by atoms with E-state index in [9.17, 15) is 14.7 Å². The molecule has 1 fully saturated rings. The maximum Gasteiger partial charge on any atom is 0.330 e. The Hall–Kier alpha value is -1.45. The average molecular weight is 428 g/mol. The van der Waals surface area contributed by atoms with Crippen molar-refractivity contribution in [3.05, 3.63) is 68.5 Å². The summed E-state index contributed by atoms with van der Waals surface area (Å²) in [7, 11) is 0.